The molecule has 0 atom stereocenters. The van der Waals surface area contributed by atoms with Gasteiger partial charge < -0.3 is 9.47 Å². The molecule has 3 nitrogen and oxygen atoms in total. The van der Waals surface area contributed by atoms with Gasteiger partial charge in [0.2, 0.25) is 0 Å². The van der Waals surface area contributed by atoms with E-state index in [1.165, 1.54) is 0 Å². The number of hydrogen-bond acceptors (Lipinski definition) is 4. The Bertz CT molecular complexity index is 313. The second-order valence-corrected chi connectivity index (χ2v) is 5.01. The molecular formula is C11H16ClNO2S. The van der Waals surface area contributed by atoms with Gasteiger partial charge in [-0.05, 0) is 12.8 Å². The van der Waals surface area contributed by atoms with Crippen molar-refractivity contribution in [1.82, 2.24) is 4.98 Å². The van der Waals surface area contributed by atoms with Crippen molar-refractivity contribution in [3.63, 3.8) is 0 Å². The topological polar surface area (TPSA) is 31.4 Å². The molecule has 1 fully saturated rings. The van der Waals surface area contributed by atoms with Gasteiger partial charge in [0.25, 0.3) is 0 Å². The number of ether oxygens (including phenoxy) is 2. The summed E-state index contributed by atoms with van der Waals surface area (Å²) in [7, 11) is 0. The Kier molecular flexibility index (Phi) is 5.03. The minimum absolute atomic E-state index is 0.376. The van der Waals surface area contributed by atoms with E-state index in [9.17, 15) is 0 Å². The van der Waals surface area contributed by atoms with E-state index in [-0.39, 0.29) is 0 Å². The Morgan fingerprint density at radius 2 is 2.31 bits per heavy atom. The van der Waals surface area contributed by atoms with Crippen LogP contribution in [0.1, 0.15) is 23.5 Å². The third-order valence-electron chi connectivity index (χ3n) is 2.57. The Hall–Kier alpha value is -0.160. The summed E-state index contributed by atoms with van der Waals surface area (Å²) in [5.41, 5.74) is 0.965. The Morgan fingerprint density at radius 3 is 3.00 bits per heavy atom. The second kappa shape index (κ2) is 6.55. The van der Waals surface area contributed by atoms with Crippen molar-refractivity contribution in [1.29, 1.82) is 0 Å². The second-order valence-electron chi connectivity index (χ2n) is 3.80. The summed E-state index contributed by atoms with van der Waals surface area (Å²) < 4.78 is 11.1. The summed E-state index contributed by atoms with van der Waals surface area (Å²) in [6, 6.07) is 0. The molecular weight excluding hydrogens is 246 g/mol. The van der Waals surface area contributed by atoms with Crippen LogP contribution in [0.25, 0.3) is 0 Å². The van der Waals surface area contributed by atoms with Gasteiger partial charge >= 0.3 is 0 Å². The molecule has 1 aromatic rings. The molecule has 0 spiro atoms. The predicted octanol–water partition coefficient (Wildman–Crippen LogP) is 2.62. The van der Waals surface area contributed by atoms with Crippen LogP contribution in [0.3, 0.4) is 0 Å². The highest BCUT2D eigenvalue weighted by Gasteiger charge is 2.13. The van der Waals surface area contributed by atoms with Gasteiger partial charge in [-0.2, -0.15) is 0 Å². The normalized spacial score (nSPS) is 17.8. The zero-order valence-corrected chi connectivity index (χ0v) is 10.7. The van der Waals surface area contributed by atoms with Crippen LogP contribution in [0.5, 0.6) is 0 Å². The van der Waals surface area contributed by atoms with Crippen LogP contribution in [-0.4, -0.2) is 30.9 Å². The van der Waals surface area contributed by atoms with Crippen LogP contribution in [-0.2, 0) is 21.8 Å². The van der Waals surface area contributed by atoms with E-state index in [0.717, 1.165) is 49.8 Å². The van der Waals surface area contributed by atoms with Gasteiger partial charge in [0.05, 0.1) is 29.3 Å². The fourth-order valence-electron chi connectivity index (χ4n) is 1.68. The number of aromatic nitrogens is 1. The van der Waals surface area contributed by atoms with Gasteiger partial charge in [-0.15, -0.1) is 22.9 Å². The molecule has 1 aliphatic rings. The molecule has 0 radical (unpaired) electrons. The SMILES string of the molecule is ClCc1csc(CCOC2CCOCC2)n1. The zero-order valence-electron chi connectivity index (χ0n) is 9.15. The third-order valence-corrected chi connectivity index (χ3v) is 3.81. The monoisotopic (exact) mass is 261 g/mol. The van der Waals surface area contributed by atoms with Crippen LogP contribution >= 0.6 is 22.9 Å². The lowest BCUT2D eigenvalue weighted by atomic mass is 10.1. The Morgan fingerprint density at radius 1 is 1.50 bits per heavy atom. The van der Waals surface area contributed by atoms with Crippen molar-refractivity contribution in [3.05, 3.63) is 16.1 Å². The number of nitrogens with zero attached hydrogens (tertiary/aromatic N) is 1. The van der Waals surface area contributed by atoms with Gasteiger partial charge in [-0.25, -0.2) is 4.98 Å². The van der Waals surface area contributed by atoms with E-state index in [1.807, 2.05) is 5.38 Å². The first-order valence-electron chi connectivity index (χ1n) is 5.57. The van der Waals surface area contributed by atoms with Crippen molar-refractivity contribution in [2.45, 2.75) is 31.2 Å². The van der Waals surface area contributed by atoms with Crippen LogP contribution in [0.2, 0.25) is 0 Å². The van der Waals surface area contributed by atoms with Crippen LogP contribution < -0.4 is 0 Å². The highest BCUT2D eigenvalue weighted by Crippen LogP contribution is 2.14. The lowest BCUT2D eigenvalue weighted by Gasteiger charge is -2.22. The van der Waals surface area contributed by atoms with Crippen molar-refractivity contribution < 1.29 is 9.47 Å². The average Bonchev–Trinajstić information content (AvgIpc) is 2.78. The molecule has 0 aromatic carbocycles. The van der Waals surface area contributed by atoms with E-state index in [0.29, 0.717) is 12.0 Å². The summed E-state index contributed by atoms with van der Waals surface area (Å²) >= 11 is 7.36. The summed E-state index contributed by atoms with van der Waals surface area (Å²) in [5.74, 6) is 0.497. The number of halogens is 1. The van der Waals surface area contributed by atoms with Gasteiger partial charge in [-0.1, -0.05) is 0 Å². The molecule has 2 rings (SSSR count). The quantitative estimate of drug-likeness (QED) is 0.764. The van der Waals surface area contributed by atoms with E-state index in [2.05, 4.69) is 4.98 Å². The Labute approximate surface area is 105 Å². The van der Waals surface area contributed by atoms with Crippen LogP contribution in [0.4, 0.5) is 0 Å². The lowest BCUT2D eigenvalue weighted by molar-refractivity contribution is -0.0307. The van der Waals surface area contributed by atoms with Gasteiger partial charge in [0.15, 0.2) is 0 Å². The minimum Gasteiger partial charge on any atom is -0.381 e. The van der Waals surface area contributed by atoms with Crippen molar-refractivity contribution >= 4 is 22.9 Å². The molecule has 1 aromatic heterocycles. The lowest BCUT2D eigenvalue weighted by Crippen LogP contribution is -2.24. The molecule has 0 bridgehead atoms. The van der Waals surface area contributed by atoms with Crippen LogP contribution in [0.15, 0.2) is 5.38 Å². The van der Waals surface area contributed by atoms with E-state index in [1.54, 1.807) is 11.3 Å². The predicted molar refractivity (Wildman–Crippen MR) is 65.2 cm³/mol. The molecule has 0 unspecified atom stereocenters. The first kappa shape index (κ1) is 12.3. The van der Waals surface area contributed by atoms with Gasteiger partial charge in [0.1, 0.15) is 0 Å². The van der Waals surface area contributed by atoms with E-state index >= 15 is 0 Å². The molecule has 90 valence electrons. The summed E-state index contributed by atoms with van der Waals surface area (Å²) in [6.45, 7) is 2.41. The van der Waals surface area contributed by atoms with Gasteiger partial charge in [-0.3, -0.25) is 0 Å². The molecule has 5 heteroatoms. The largest absolute Gasteiger partial charge is 0.381 e. The first-order chi connectivity index (χ1) is 7.88. The highest BCUT2D eigenvalue weighted by atomic mass is 35.5. The number of hydrogen-bond donors (Lipinski definition) is 0. The number of rotatable bonds is 5. The molecule has 16 heavy (non-hydrogen) atoms. The van der Waals surface area contributed by atoms with Crippen molar-refractivity contribution in [2.24, 2.45) is 0 Å². The van der Waals surface area contributed by atoms with E-state index < -0.39 is 0 Å². The maximum absolute atomic E-state index is 5.78. The van der Waals surface area contributed by atoms with Gasteiger partial charge in [0, 0.05) is 25.0 Å². The molecule has 0 amide bonds. The third kappa shape index (κ3) is 3.70. The smallest absolute Gasteiger partial charge is 0.0951 e. The fourth-order valence-corrected chi connectivity index (χ4v) is 2.69. The van der Waals surface area contributed by atoms with E-state index in [4.69, 9.17) is 21.1 Å². The molecule has 0 aliphatic carbocycles. The maximum Gasteiger partial charge on any atom is 0.0951 e. The summed E-state index contributed by atoms with van der Waals surface area (Å²) in [6.07, 6.45) is 3.30. The molecule has 0 N–H and O–H groups in total. The summed E-state index contributed by atoms with van der Waals surface area (Å²) in [4.78, 5) is 4.39. The summed E-state index contributed by atoms with van der Waals surface area (Å²) in [5, 5.41) is 3.12. The maximum atomic E-state index is 5.78. The first-order valence-corrected chi connectivity index (χ1v) is 6.98. The minimum atomic E-state index is 0.376. The molecule has 0 saturated carbocycles. The Balaban J connectivity index is 1.66. The number of alkyl halides is 1. The standard InChI is InChI=1S/C11H16ClNO2S/c12-7-9-8-16-11(13-9)3-6-15-10-1-4-14-5-2-10/h8,10H,1-7H2. The van der Waals surface area contributed by atoms with Crippen molar-refractivity contribution in [2.75, 3.05) is 19.8 Å². The number of thiazole rings is 1. The van der Waals surface area contributed by atoms with Crippen LogP contribution in [0, 0.1) is 0 Å². The fraction of sp³-hybridized carbons (Fsp3) is 0.727. The van der Waals surface area contributed by atoms with Crippen molar-refractivity contribution in [3.8, 4) is 0 Å². The molecule has 2 heterocycles. The average molecular weight is 262 g/mol. The molecule has 1 saturated heterocycles. The highest BCUT2D eigenvalue weighted by molar-refractivity contribution is 7.09. The zero-order chi connectivity index (χ0) is 11.2. The molecule has 1 aliphatic heterocycles.